The van der Waals surface area contributed by atoms with Gasteiger partial charge in [-0.1, -0.05) is 39.7 Å². The number of benzene rings is 2. The molecule has 0 saturated carbocycles. The minimum Gasteiger partial charge on any atom is -0.324 e. The van der Waals surface area contributed by atoms with Gasteiger partial charge in [-0.05, 0) is 48.9 Å². The number of hydrogen-bond acceptors (Lipinski definition) is 2. The lowest BCUT2D eigenvalue weighted by Crippen LogP contribution is -2.58. The molecule has 7 heteroatoms. The van der Waals surface area contributed by atoms with E-state index in [1.807, 2.05) is 54.1 Å². The van der Waals surface area contributed by atoms with Gasteiger partial charge >= 0.3 is 0 Å². The second kappa shape index (κ2) is 7.97. The monoisotopic (exact) mass is 470 g/mol. The van der Waals surface area contributed by atoms with Crippen molar-refractivity contribution in [1.29, 1.82) is 0 Å². The summed E-state index contributed by atoms with van der Waals surface area (Å²) in [4.78, 5) is 28.0. The van der Waals surface area contributed by atoms with E-state index in [2.05, 4.69) is 21.2 Å². The van der Waals surface area contributed by atoms with E-state index in [-0.39, 0.29) is 18.4 Å². The number of fused-ring (bicyclic) bond motifs is 1. The number of pyridine rings is 1. The molecule has 146 valence electrons. The summed E-state index contributed by atoms with van der Waals surface area (Å²) in [6.45, 7) is 2.15. The van der Waals surface area contributed by atoms with Gasteiger partial charge in [0.05, 0.1) is 0 Å². The third kappa shape index (κ3) is 3.91. The van der Waals surface area contributed by atoms with E-state index >= 15 is 0 Å². The van der Waals surface area contributed by atoms with Crippen LogP contribution in [0.1, 0.15) is 17.3 Å². The molecule has 0 unspecified atom stereocenters. The van der Waals surface area contributed by atoms with Crippen LogP contribution in [0.25, 0.3) is 0 Å². The van der Waals surface area contributed by atoms with Crippen LogP contribution in [0.2, 0.25) is 5.02 Å². The number of carbonyl (C=O) groups is 2. The maximum Gasteiger partial charge on any atom is 0.294 e. The third-order valence-corrected chi connectivity index (χ3v) is 5.99. The van der Waals surface area contributed by atoms with Crippen molar-refractivity contribution in [2.45, 2.75) is 19.5 Å². The van der Waals surface area contributed by atoms with Crippen molar-refractivity contribution in [3.05, 3.63) is 87.6 Å². The van der Waals surface area contributed by atoms with E-state index < -0.39 is 6.04 Å². The Balaban J connectivity index is 1.78. The number of anilines is 2. The van der Waals surface area contributed by atoms with E-state index in [0.29, 0.717) is 16.4 Å². The Labute approximate surface area is 182 Å². The SMILES string of the molecule is Cc1ccc(N2C(=O)C[n+]3ccccc3[C@H]2C(=O)Nc2ccc(Cl)cc2)cc1Br. The van der Waals surface area contributed by atoms with Gasteiger partial charge in [-0.3, -0.25) is 14.5 Å². The van der Waals surface area contributed by atoms with E-state index in [0.717, 1.165) is 15.7 Å². The molecule has 0 bridgehead atoms. The van der Waals surface area contributed by atoms with Crippen molar-refractivity contribution in [3.63, 3.8) is 0 Å². The molecule has 0 fully saturated rings. The predicted octanol–water partition coefficient (Wildman–Crippen LogP) is 4.43. The Hall–Kier alpha value is -2.70. The lowest BCUT2D eigenvalue weighted by Gasteiger charge is -2.32. The molecular weight excluding hydrogens is 454 g/mol. The predicted molar refractivity (Wildman–Crippen MR) is 116 cm³/mol. The summed E-state index contributed by atoms with van der Waals surface area (Å²) in [7, 11) is 0. The van der Waals surface area contributed by atoms with Gasteiger partial charge in [0, 0.05) is 33.0 Å². The average molecular weight is 472 g/mol. The second-order valence-electron chi connectivity index (χ2n) is 6.85. The van der Waals surface area contributed by atoms with Crippen LogP contribution in [-0.4, -0.2) is 11.8 Å². The molecule has 1 aromatic heterocycles. The quantitative estimate of drug-likeness (QED) is 0.575. The van der Waals surface area contributed by atoms with Crippen LogP contribution in [0.5, 0.6) is 0 Å². The second-order valence-corrected chi connectivity index (χ2v) is 8.14. The van der Waals surface area contributed by atoms with Crippen LogP contribution >= 0.6 is 27.5 Å². The minimum absolute atomic E-state index is 0.152. The highest BCUT2D eigenvalue weighted by molar-refractivity contribution is 9.10. The van der Waals surface area contributed by atoms with Gasteiger partial charge < -0.3 is 5.32 Å². The van der Waals surface area contributed by atoms with Crippen molar-refractivity contribution in [3.8, 4) is 0 Å². The highest BCUT2D eigenvalue weighted by Gasteiger charge is 2.43. The Morgan fingerprint density at radius 2 is 1.93 bits per heavy atom. The van der Waals surface area contributed by atoms with Crippen molar-refractivity contribution >= 4 is 50.7 Å². The lowest BCUT2D eigenvalue weighted by molar-refractivity contribution is -0.695. The summed E-state index contributed by atoms with van der Waals surface area (Å²) in [5.74, 6) is -0.447. The standard InChI is InChI=1S/C22H17BrClN3O2/c1-14-5-10-17(12-18(14)23)27-20(28)13-26-11-3-2-4-19(26)21(27)22(29)25-16-8-6-15(24)7-9-16/h2-12,21H,13H2,1H3/p+1/t21-/m0/s1. The molecule has 0 spiro atoms. The lowest BCUT2D eigenvalue weighted by atomic mass is 10.0. The number of amides is 2. The zero-order valence-corrected chi connectivity index (χ0v) is 17.9. The number of nitrogens with zero attached hydrogens (tertiary/aromatic N) is 2. The molecule has 0 aliphatic carbocycles. The van der Waals surface area contributed by atoms with E-state index in [1.54, 1.807) is 29.2 Å². The Morgan fingerprint density at radius 3 is 2.66 bits per heavy atom. The van der Waals surface area contributed by atoms with E-state index in [4.69, 9.17) is 11.6 Å². The Kier molecular flexibility index (Phi) is 5.39. The average Bonchev–Trinajstić information content (AvgIpc) is 2.71. The maximum absolute atomic E-state index is 13.3. The number of carbonyl (C=O) groups excluding carboxylic acids is 2. The summed E-state index contributed by atoms with van der Waals surface area (Å²) in [6, 6.07) is 17.3. The molecule has 2 aromatic carbocycles. The maximum atomic E-state index is 13.3. The van der Waals surface area contributed by atoms with Crippen molar-refractivity contribution < 1.29 is 14.2 Å². The number of hydrogen-bond donors (Lipinski definition) is 1. The van der Waals surface area contributed by atoms with Gasteiger partial charge in [0.15, 0.2) is 6.20 Å². The highest BCUT2D eigenvalue weighted by atomic mass is 79.9. The zero-order valence-electron chi connectivity index (χ0n) is 15.6. The minimum atomic E-state index is -0.803. The van der Waals surface area contributed by atoms with Crippen LogP contribution in [-0.2, 0) is 16.1 Å². The first-order valence-corrected chi connectivity index (χ1v) is 10.2. The summed E-state index contributed by atoms with van der Waals surface area (Å²) >= 11 is 9.47. The fourth-order valence-electron chi connectivity index (χ4n) is 3.40. The molecule has 2 amide bonds. The molecule has 0 saturated heterocycles. The number of aryl methyl sites for hydroxylation is 1. The molecule has 0 radical (unpaired) electrons. The van der Waals surface area contributed by atoms with Gasteiger partial charge in [0.25, 0.3) is 11.8 Å². The zero-order chi connectivity index (χ0) is 20.5. The van der Waals surface area contributed by atoms with E-state index in [9.17, 15) is 9.59 Å². The van der Waals surface area contributed by atoms with Gasteiger partial charge in [0.2, 0.25) is 18.3 Å². The first-order chi connectivity index (χ1) is 13.9. The number of halogens is 2. The van der Waals surface area contributed by atoms with Crippen LogP contribution < -0.4 is 14.8 Å². The van der Waals surface area contributed by atoms with Crippen LogP contribution in [0.15, 0.2) is 71.3 Å². The topological polar surface area (TPSA) is 53.3 Å². The fourth-order valence-corrected chi connectivity index (χ4v) is 3.89. The molecule has 5 nitrogen and oxygen atoms in total. The Morgan fingerprint density at radius 1 is 1.17 bits per heavy atom. The van der Waals surface area contributed by atoms with Gasteiger partial charge in [-0.15, -0.1) is 0 Å². The van der Waals surface area contributed by atoms with E-state index in [1.165, 1.54) is 0 Å². The number of aromatic nitrogens is 1. The molecule has 1 aliphatic heterocycles. The molecule has 1 atom stereocenters. The summed E-state index contributed by atoms with van der Waals surface area (Å²) in [5, 5.41) is 3.50. The van der Waals surface area contributed by atoms with Gasteiger partial charge in [-0.2, -0.15) is 4.57 Å². The molecule has 3 aromatic rings. The highest BCUT2D eigenvalue weighted by Crippen LogP contribution is 2.32. The fraction of sp³-hybridized carbons (Fsp3) is 0.136. The molecule has 4 rings (SSSR count). The molecule has 29 heavy (non-hydrogen) atoms. The first kappa shape index (κ1) is 19.6. The van der Waals surface area contributed by atoms with Crippen LogP contribution in [0.3, 0.4) is 0 Å². The molecule has 1 N–H and O–H groups in total. The molecule has 1 aliphatic rings. The molecular formula is C22H18BrClN3O2+. The molecule has 2 heterocycles. The summed E-state index contributed by atoms with van der Waals surface area (Å²) in [6.07, 6.45) is 1.82. The van der Waals surface area contributed by atoms with Crippen molar-refractivity contribution in [2.75, 3.05) is 10.2 Å². The van der Waals surface area contributed by atoms with Crippen LogP contribution in [0.4, 0.5) is 11.4 Å². The number of rotatable bonds is 3. The first-order valence-electron chi connectivity index (χ1n) is 9.07. The smallest absolute Gasteiger partial charge is 0.294 e. The van der Waals surface area contributed by atoms with Crippen LogP contribution in [0, 0.1) is 6.92 Å². The summed E-state index contributed by atoms with van der Waals surface area (Å²) < 4.78 is 2.69. The van der Waals surface area contributed by atoms with Crippen molar-refractivity contribution in [1.82, 2.24) is 0 Å². The largest absolute Gasteiger partial charge is 0.324 e. The van der Waals surface area contributed by atoms with Gasteiger partial charge in [-0.25, -0.2) is 0 Å². The van der Waals surface area contributed by atoms with Gasteiger partial charge in [0.1, 0.15) is 0 Å². The normalized spacial score (nSPS) is 15.8. The number of nitrogens with one attached hydrogen (secondary N) is 1. The van der Waals surface area contributed by atoms with Crippen molar-refractivity contribution in [2.24, 2.45) is 0 Å². The Bertz CT molecular complexity index is 1100. The third-order valence-electron chi connectivity index (χ3n) is 4.88. The summed E-state index contributed by atoms with van der Waals surface area (Å²) in [5.41, 5.74) is 3.08.